The average molecular weight is 295 g/mol. The number of amides is 1. The first-order valence-corrected chi connectivity index (χ1v) is 6.82. The lowest BCUT2D eigenvalue weighted by atomic mass is 10.1. The summed E-state index contributed by atoms with van der Waals surface area (Å²) in [6.45, 7) is 4.99. The number of hydrogen-bond donors (Lipinski definition) is 3. The van der Waals surface area contributed by atoms with Gasteiger partial charge in [-0.15, -0.1) is 0 Å². The Kier molecular flexibility index (Phi) is 6.77. The second-order valence-electron chi connectivity index (χ2n) is 5.01. The van der Waals surface area contributed by atoms with Gasteiger partial charge >= 0.3 is 0 Å². The first kappa shape index (κ1) is 17.1. The van der Waals surface area contributed by atoms with Crippen molar-refractivity contribution in [3.05, 3.63) is 39.9 Å². The number of carbonyl (C=O) groups is 1. The number of carbonyl (C=O) groups excluding carboxylic acids is 1. The number of nitro benzene ring substituents is 1. The molecular formula is C14H21N3O4. The third-order valence-electron chi connectivity index (χ3n) is 2.95. The highest BCUT2D eigenvalue weighted by Gasteiger charge is 2.10. The molecule has 0 saturated heterocycles. The standard InChI is InChI=1S/C14H21N3O4/c1-10(2)14(19)16-8-7-15-9-13(18)11-3-5-12(6-4-11)17(20)21/h3-6,10,13,15,18H,7-9H2,1-2H3,(H,16,19)/t13-/m0/s1. The molecule has 3 N–H and O–H groups in total. The van der Waals surface area contributed by atoms with Gasteiger partial charge in [-0.1, -0.05) is 13.8 Å². The summed E-state index contributed by atoms with van der Waals surface area (Å²) in [5.74, 6) is -0.0524. The summed E-state index contributed by atoms with van der Waals surface area (Å²) in [6.07, 6.45) is -0.744. The molecule has 0 unspecified atom stereocenters. The van der Waals surface area contributed by atoms with E-state index in [2.05, 4.69) is 10.6 Å². The number of aliphatic hydroxyl groups excluding tert-OH is 1. The first-order valence-electron chi connectivity index (χ1n) is 6.82. The quantitative estimate of drug-likeness (QED) is 0.377. The highest BCUT2D eigenvalue weighted by atomic mass is 16.6. The van der Waals surface area contributed by atoms with Crippen molar-refractivity contribution in [2.45, 2.75) is 20.0 Å². The second kappa shape index (κ2) is 8.33. The normalized spacial score (nSPS) is 12.2. The van der Waals surface area contributed by atoms with Crippen LogP contribution in [-0.4, -0.2) is 35.6 Å². The number of rotatable bonds is 8. The SMILES string of the molecule is CC(C)C(=O)NCCNC[C@H](O)c1ccc([N+](=O)[O-])cc1. The van der Waals surface area contributed by atoms with E-state index in [9.17, 15) is 20.0 Å². The van der Waals surface area contributed by atoms with Crippen LogP contribution in [0.1, 0.15) is 25.5 Å². The van der Waals surface area contributed by atoms with Crippen LogP contribution in [0.25, 0.3) is 0 Å². The van der Waals surface area contributed by atoms with Crippen molar-refractivity contribution in [3.8, 4) is 0 Å². The van der Waals surface area contributed by atoms with Crippen molar-refractivity contribution < 1.29 is 14.8 Å². The Balaban J connectivity index is 2.29. The number of aliphatic hydroxyl groups is 1. The zero-order chi connectivity index (χ0) is 15.8. The molecule has 1 aromatic carbocycles. The first-order chi connectivity index (χ1) is 9.91. The number of hydrogen-bond acceptors (Lipinski definition) is 5. The maximum atomic E-state index is 11.3. The van der Waals surface area contributed by atoms with Gasteiger partial charge < -0.3 is 15.7 Å². The van der Waals surface area contributed by atoms with Crippen LogP contribution >= 0.6 is 0 Å². The molecule has 1 atom stereocenters. The number of nitrogens with zero attached hydrogens (tertiary/aromatic N) is 1. The summed E-state index contributed by atoms with van der Waals surface area (Å²) in [7, 11) is 0. The Morgan fingerprint density at radius 1 is 1.29 bits per heavy atom. The third kappa shape index (κ3) is 5.88. The molecule has 21 heavy (non-hydrogen) atoms. The van der Waals surface area contributed by atoms with E-state index in [0.717, 1.165) is 0 Å². The van der Waals surface area contributed by atoms with Crippen LogP contribution in [0.5, 0.6) is 0 Å². The predicted molar refractivity (Wildman–Crippen MR) is 78.8 cm³/mol. The second-order valence-corrected chi connectivity index (χ2v) is 5.01. The minimum atomic E-state index is -0.744. The maximum Gasteiger partial charge on any atom is 0.269 e. The topological polar surface area (TPSA) is 104 Å². The van der Waals surface area contributed by atoms with Crippen LogP contribution in [0.15, 0.2) is 24.3 Å². The lowest BCUT2D eigenvalue weighted by molar-refractivity contribution is -0.384. The van der Waals surface area contributed by atoms with Gasteiger partial charge in [-0.2, -0.15) is 0 Å². The van der Waals surface area contributed by atoms with Crippen LogP contribution in [-0.2, 0) is 4.79 Å². The lowest BCUT2D eigenvalue weighted by Crippen LogP contribution is -2.35. The molecule has 7 heteroatoms. The smallest absolute Gasteiger partial charge is 0.269 e. The molecule has 0 saturated carbocycles. The molecule has 116 valence electrons. The van der Waals surface area contributed by atoms with Gasteiger partial charge in [0.25, 0.3) is 5.69 Å². The summed E-state index contributed by atoms with van der Waals surface area (Å²) in [6, 6.07) is 5.79. The summed E-state index contributed by atoms with van der Waals surface area (Å²) in [4.78, 5) is 21.3. The van der Waals surface area contributed by atoms with E-state index in [1.807, 2.05) is 13.8 Å². The van der Waals surface area contributed by atoms with Crippen LogP contribution in [0.2, 0.25) is 0 Å². The third-order valence-corrected chi connectivity index (χ3v) is 2.95. The van der Waals surface area contributed by atoms with Gasteiger partial charge in [0.1, 0.15) is 0 Å². The van der Waals surface area contributed by atoms with Crippen molar-refractivity contribution in [2.24, 2.45) is 5.92 Å². The van der Waals surface area contributed by atoms with Crippen LogP contribution in [0.3, 0.4) is 0 Å². The molecule has 0 aromatic heterocycles. The predicted octanol–water partition coefficient (Wildman–Crippen LogP) is 0.990. The van der Waals surface area contributed by atoms with E-state index in [4.69, 9.17) is 0 Å². The van der Waals surface area contributed by atoms with Crippen molar-refractivity contribution >= 4 is 11.6 Å². The molecule has 0 aliphatic heterocycles. The zero-order valence-corrected chi connectivity index (χ0v) is 12.2. The molecule has 0 fully saturated rings. The van der Waals surface area contributed by atoms with Crippen LogP contribution in [0, 0.1) is 16.0 Å². The monoisotopic (exact) mass is 295 g/mol. The average Bonchev–Trinajstić information content (AvgIpc) is 2.46. The maximum absolute atomic E-state index is 11.3. The van der Waals surface area contributed by atoms with E-state index in [1.165, 1.54) is 24.3 Å². The zero-order valence-electron chi connectivity index (χ0n) is 12.2. The van der Waals surface area contributed by atoms with Crippen LogP contribution < -0.4 is 10.6 Å². The molecule has 1 aromatic rings. The minimum absolute atomic E-state index is 0.00435. The number of nitro groups is 1. The van der Waals surface area contributed by atoms with E-state index in [0.29, 0.717) is 25.2 Å². The van der Waals surface area contributed by atoms with Gasteiger partial charge in [0.05, 0.1) is 11.0 Å². The van der Waals surface area contributed by atoms with Gasteiger partial charge in [-0.3, -0.25) is 14.9 Å². The molecule has 0 aliphatic carbocycles. The highest BCUT2D eigenvalue weighted by molar-refractivity contribution is 5.77. The molecule has 0 aliphatic rings. The summed E-state index contributed by atoms with van der Waals surface area (Å²) >= 11 is 0. The molecule has 0 radical (unpaired) electrons. The minimum Gasteiger partial charge on any atom is -0.387 e. The van der Waals surface area contributed by atoms with E-state index >= 15 is 0 Å². The van der Waals surface area contributed by atoms with Crippen molar-refractivity contribution in [2.75, 3.05) is 19.6 Å². The molecule has 1 rings (SSSR count). The summed E-state index contributed by atoms with van der Waals surface area (Å²) in [5, 5.41) is 26.2. The van der Waals surface area contributed by atoms with Crippen LogP contribution in [0.4, 0.5) is 5.69 Å². The largest absolute Gasteiger partial charge is 0.387 e. The Morgan fingerprint density at radius 2 is 1.90 bits per heavy atom. The molecule has 7 nitrogen and oxygen atoms in total. The summed E-state index contributed by atoms with van der Waals surface area (Å²) < 4.78 is 0. The van der Waals surface area contributed by atoms with Gasteiger partial charge in [0.15, 0.2) is 0 Å². The summed E-state index contributed by atoms with van der Waals surface area (Å²) in [5.41, 5.74) is 0.606. The Morgan fingerprint density at radius 3 is 2.43 bits per heavy atom. The highest BCUT2D eigenvalue weighted by Crippen LogP contribution is 2.17. The van der Waals surface area contributed by atoms with Gasteiger partial charge in [0.2, 0.25) is 5.91 Å². The Labute approximate surface area is 123 Å². The van der Waals surface area contributed by atoms with Gasteiger partial charge in [-0.05, 0) is 17.7 Å². The molecule has 0 heterocycles. The molecule has 0 bridgehead atoms. The Bertz CT molecular complexity index is 474. The molecular weight excluding hydrogens is 274 g/mol. The number of benzene rings is 1. The van der Waals surface area contributed by atoms with Crippen molar-refractivity contribution in [1.29, 1.82) is 0 Å². The van der Waals surface area contributed by atoms with E-state index in [-0.39, 0.29) is 17.5 Å². The van der Waals surface area contributed by atoms with Gasteiger partial charge in [-0.25, -0.2) is 0 Å². The fourth-order valence-electron chi connectivity index (χ4n) is 1.65. The van der Waals surface area contributed by atoms with E-state index in [1.54, 1.807) is 0 Å². The fraction of sp³-hybridized carbons (Fsp3) is 0.500. The Hall–Kier alpha value is -1.99. The van der Waals surface area contributed by atoms with E-state index < -0.39 is 11.0 Å². The fourth-order valence-corrected chi connectivity index (χ4v) is 1.65. The van der Waals surface area contributed by atoms with Crippen molar-refractivity contribution in [1.82, 2.24) is 10.6 Å². The molecule has 0 spiro atoms. The van der Waals surface area contributed by atoms with Crippen molar-refractivity contribution in [3.63, 3.8) is 0 Å². The number of nitrogens with one attached hydrogen (secondary N) is 2. The lowest BCUT2D eigenvalue weighted by Gasteiger charge is -2.13. The molecule has 1 amide bonds. The van der Waals surface area contributed by atoms with Gasteiger partial charge in [0, 0.05) is 37.7 Å². The number of non-ortho nitro benzene ring substituents is 1.